The van der Waals surface area contributed by atoms with Gasteiger partial charge in [-0.3, -0.25) is 19.9 Å². The van der Waals surface area contributed by atoms with Crippen LogP contribution in [0.25, 0.3) is 22.8 Å². The van der Waals surface area contributed by atoms with Gasteiger partial charge in [-0.2, -0.15) is 0 Å². The van der Waals surface area contributed by atoms with Gasteiger partial charge in [0.15, 0.2) is 0 Å². The summed E-state index contributed by atoms with van der Waals surface area (Å²) in [4.78, 5) is 37.5. The minimum atomic E-state index is -1.13. The van der Waals surface area contributed by atoms with Gasteiger partial charge in [0.2, 0.25) is 0 Å². The Morgan fingerprint density at radius 1 is 0.431 bits per heavy atom. The molecule has 0 radical (unpaired) electrons. The van der Waals surface area contributed by atoms with Crippen LogP contribution in [0.1, 0.15) is 31.8 Å². The first-order valence-electron chi connectivity index (χ1n) is 14.3. The molecule has 0 unspecified atom stereocenters. The van der Waals surface area contributed by atoms with E-state index in [0.717, 1.165) is 62.5 Å². The first kappa shape index (κ1) is 65.8. The number of aromatic nitrogens is 4. The Morgan fingerprint density at radius 2 is 0.638 bits per heavy atom. The number of alkyl halides is 2. The molecule has 0 atom stereocenters. The van der Waals surface area contributed by atoms with E-state index in [0.29, 0.717) is 0 Å². The molecule has 14 nitrogen and oxygen atoms in total. The zero-order valence-corrected chi connectivity index (χ0v) is 46.9. The molecule has 0 amide bonds. The predicted octanol–water partition coefficient (Wildman–Crippen LogP) is 6.37. The molecule has 6 rings (SSSR count). The number of hydrogen-bond acceptors (Lipinski definition) is 10. The molecule has 6 aromatic rings. The summed E-state index contributed by atoms with van der Waals surface area (Å²) in [7, 11) is 0. The number of carbonyl (C=O) groups is 2. The third-order valence-electron chi connectivity index (χ3n) is 6.10. The molecule has 0 bridgehead atoms. The smallest absolute Gasteiger partial charge is 0.0897 e. The minimum Gasteiger partial charge on any atom is -2.00 e. The van der Waals surface area contributed by atoms with E-state index in [9.17, 15) is 19.8 Å². The average Bonchev–Trinajstić information content (AvgIpc) is 3.16. The summed E-state index contributed by atoms with van der Waals surface area (Å²) in [6.07, 6.45) is 7.01. The second-order valence-electron chi connectivity index (χ2n) is 9.67. The van der Waals surface area contributed by atoms with Gasteiger partial charge in [0.1, 0.15) is 0 Å². The molecule has 310 valence electrons. The van der Waals surface area contributed by atoms with Crippen LogP contribution in [0.2, 0.25) is 0 Å². The van der Waals surface area contributed by atoms with E-state index in [1.165, 1.54) is 24.3 Å². The maximum absolute atomic E-state index is 10.3. The third-order valence-corrected chi connectivity index (χ3v) is 9.37. The molecule has 0 fully saturated rings. The monoisotopic (exact) mass is 1620 g/mol. The number of carbonyl (C=O) groups excluding carboxylic acids is 2. The van der Waals surface area contributed by atoms with Gasteiger partial charge in [0, 0.05) is 116 Å². The van der Waals surface area contributed by atoms with E-state index in [2.05, 4.69) is 116 Å². The first-order chi connectivity index (χ1) is 25.0. The quantitative estimate of drug-likeness (QED) is 0.101. The van der Waals surface area contributed by atoms with Crippen LogP contribution in [-0.4, -0.2) is 31.9 Å². The largest absolute Gasteiger partial charge is 2.00 e. The summed E-state index contributed by atoms with van der Waals surface area (Å²) in [6.45, 7) is 0. The zero-order chi connectivity index (χ0) is 38.5. The second-order valence-corrected chi connectivity index (χ2v) is 14.5. The van der Waals surface area contributed by atoms with E-state index in [1.54, 1.807) is 49.1 Å². The van der Waals surface area contributed by atoms with Crippen molar-refractivity contribution in [3.63, 3.8) is 0 Å². The summed E-state index contributed by atoms with van der Waals surface area (Å²) in [5, 5.41) is 36.0. The number of carboxylic acids is 2. The summed E-state index contributed by atoms with van der Waals surface area (Å²) >= 11 is 20.1. The molecule has 0 aliphatic heterocycles. The Bertz CT molecular complexity index is 1800. The Kier molecular flexibility index (Phi) is 42.5. The summed E-state index contributed by atoms with van der Waals surface area (Å²) in [6, 6.07) is 28.5. The molecular formula is C36H24Br6N4O10U2-12. The maximum atomic E-state index is 10.3. The van der Waals surface area contributed by atoms with Crippen molar-refractivity contribution < 1.29 is 114 Å². The van der Waals surface area contributed by atoms with Crippen LogP contribution in [0.4, 0.5) is 0 Å². The molecule has 0 aliphatic carbocycles. The van der Waals surface area contributed by atoms with Crippen molar-refractivity contribution in [2.24, 2.45) is 0 Å². The van der Waals surface area contributed by atoms with Crippen molar-refractivity contribution in [1.82, 2.24) is 19.9 Å². The second kappa shape index (κ2) is 37.5. The van der Waals surface area contributed by atoms with E-state index in [1.807, 2.05) is 48.5 Å². The van der Waals surface area contributed by atoms with Crippen LogP contribution in [-0.2, 0) is 32.6 Å². The van der Waals surface area contributed by atoms with Gasteiger partial charge >= 0.3 is 0 Å². The molecule has 0 saturated carbocycles. The van der Waals surface area contributed by atoms with Crippen LogP contribution >= 0.6 is 95.6 Å². The molecule has 4 heterocycles. The van der Waals surface area contributed by atoms with Crippen molar-refractivity contribution in [2.45, 2.75) is 10.7 Å². The van der Waals surface area contributed by atoms with Crippen molar-refractivity contribution >= 4 is 108 Å². The van der Waals surface area contributed by atoms with Crippen molar-refractivity contribution in [3.05, 3.63) is 162 Å². The fraction of sp³-hybridized carbons (Fsp3) is 0.0556. The molecule has 4 aromatic heterocycles. The van der Waals surface area contributed by atoms with Crippen LogP contribution in [0, 0.1) is 62.2 Å². The minimum absolute atomic E-state index is 0. The summed E-state index contributed by atoms with van der Waals surface area (Å²) in [5.41, 5.74) is 5.98. The van der Waals surface area contributed by atoms with Crippen LogP contribution in [0.5, 0.6) is 0 Å². The molecule has 58 heavy (non-hydrogen) atoms. The predicted molar refractivity (Wildman–Crippen MR) is 215 cm³/mol. The molecule has 0 spiro atoms. The van der Waals surface area contributed by atoms with Crippen molar-refractivity contribution in [1.29, 1.82) is 0 Å². The normalized spacial score (nSPS) is 8.62. The Hall–Kier alpha value is -1.28. The molecule has 0 N–H and O–H groups in total. The first-order valence-corrected chi connectivity index (χ1v) is 19.8. The third kappa shape index (κ3) is 25.5. The molecule has 22 heteroatoms. The van der Waals surface area contributed by atoms with Crippen LogP contribution in [0.3, 0.4) is 0 Å². The van der Waals surface area contributed by atoms with Gasteiger partial charge in [-0.15, -0.1) is 0 Å². The molecule has 0 saturated heterocycles. The number of hydrogen-bond donors (Lipinski definition) is 0. The number of halogens is 6. The number of nitrogens with zero attached hydrogens (tertiary/aromatic N) is 4. The summed E-state index contributed by atoms with van der Waals surface area (Å²) < 4.78 is 4.02. The molecular weight excluding hydrogens is 1600 g/mol. The number of aromatic carboxylic acids is 2. The van der Waals surface area contributed by atoms with Crippen molar-refractivity contribution in [3.8, 4) is 22.8 Å². The fourth-order valence-electron chi connectivity index (χ4n) is 3.64. The van der Waals surface area contributed by atoms with Gasteiger partial charge in [-0.25, -0.2) is 0 Å². The molecule has 2 aromatic carbocycles. The van der Waals surface area contributed by atoms with Gasteiger partial charge < -0.3 is 52.2 Å². The van der Waals surface area contributed by atoms with Crippen LogP contribution < -0.4 is 20.7 Å². The van der Waals surface area contributed by atoms with Gasteiger partial charge in [-0.05, 0) is 70.8 Å². The number of carboxylic acid groups (broad SMARTS) is 2. The summed E-state index contributed by atoms with van der Waals surface area (Å²) in [5.74, 6) is -2.27. The molecule has 0 aliphatic rings. The van der Waals surface area contributed by atoms with Gasteiger partial charge in [-0.1, -0.05) is 144 Å². The zero-order valence-electron chi connectivity index (χ0n) is 29.1. The van der Waals surface area contributed by atoms with E-state index < -0.39 is 11.9 Å². The van der Waals surface area contributed by atoms with E-state index >= 15 is 0 Å². The average molecular weight is 1630 g/mol. The van der Waals surface area contributed by atoms with Gasteiger partial charge in [0.25, 0.3) is 0 Å². The van der Waals surface area contributed by atoms with E-state index in [-0.39, 0.29) is 95.3 Å². The number of pyridine rings is 4. The van der Waals surface area contributed by atoms with Crippen LogP contribution in [0.15, 0.2) is 140 Å². The number of rotatable bonds is 6. The Morgan fingerprint density at radius 3 is 0.793 bits per heavy atom. The number of benzene rings is 2. The standard InChI is InChI=1S/2C10H6Br2N2.2C8H7BrO2.O2.4O.2U/c2*11-7-1-3-13-9(5-7)10-6-8(12)2-4-14-10;2*9-5-6-1-3-7(4-2-6)8(10)11;1-2;;;;;;/h2*1-6H;2*1-4H,5H2,(H,10,11);;;;;;;/q;;;;5*-2;;/p-2. The van der Waals surface area contributed by atoms with E-state index in [4.69, 9.17) is 10.5 Å². The van der Waals surface area contributed by atoms with Gasteiger partial charge in [0.05, 0.1) is 34.7 Å². The SMILES string of the molecule is Brc1ccnc(-c2cc(Br)ccn2)c1.Brc1ccnc(-c2cc(Br)ccn2)c1.O=C([O-])c1ccc(CBr)cc1.O=C([O-])c1ccc(CBr)cc1.[O-2].[O-2].[O-2].[O-2].[O-][O-].[U].[U]. The van der Waals surface area contributed by atoms with Crippen molar-refractivity contribution in [2.75, 3.05) is 0 Å². The topological polar surface area (TPSA) is 292 Å². The Balaban J connectivity index is -0.000000206. The maximum Gasteiger partial charge on any atom is 0.0897 e. The fourth-order valence-corrected chi connectivity index (χ4v) is 5.73. The Labute approximate surface area is 431 Å².